The van der Waals surface area contributed by atoms with Crippen molar-refractivity contribution in [2.75, 3.05) is 19.6 Å². The van der Waals surface area contributed by atoms with Gasteiger partial charge in [-0.15, -0.1) is 0 Å². The van der Waals surface area contributed by atoms with Crippen LogP contribution in [0.25, 0.3) is 0 Å². The quantitative estimate of drug-likeness (QED) is 0.698. The number of nitrogens with one attached hydrogen (secondary N) is 1. The van der Waals surface area contributed by atoms with Gasteiger partial charge in [0.15, 0.2) is 0 Å². The Balaban J connectivity index is 1.78. The van der Waals surface area contributed by atoms with Gasteiger partial charge >= 0.3 is 0 Å². The van der Waals surface area contributed by atoms with Gasteiger partial charge in [-0.05, 0) is 45.7 Å². The Morgan fingerprint density at radius 3 is 2.85 bits per heavy atom. The minimum atomic E-state index is 0.792. The van der Waals surface area contributed by atoms with Crippen molar-refractivity contribution < 1.29 is 0 Å². The molecule has 2 rings (SSSR count). The van der Waals surface area contributed by atoms with Crippen LogP contribution in [-0.2, 0) is 0 Å². The van der Waals surface area contributed by atoms with Gasteiger partial charge in [-0.2, -0.15) is 0 Å². The molecule has 2 nitrogen and oxygen atoms in total. The number of hydrogen-bond donors (Lipinski definition) is 1. The Labute approximate surface area is 81.7 Å². The molecule has 76 valence electrons. The van der Waals surface area contributed by atoms with Crippen molar-refractivity contribution in [3.63, 3.8) is 0 Å². The molecule has 2 aliphatic heterocycles. The van der Waals surface area contributed by atoms with Crippen LogP contribution in [0, 0.1) is 0 Å². The van der Waals surface area contributed by atoms with Crippen molar-refractivity contribution in [2.45, 2.75) is 51.1 Å². The maximum Gasteiger partial charge on any atom is 0.0195 e. The summed E-state index contributed by atoms with van der Waals surface area (Å²) in [5, 5.41) is 3.58. The number of likely N-dealkylation sites (tertiary alicyclic amines) is 1. The number of piperidine rings is 1. The van der Waals surface area contributed by atoms with E-state index in [1.54, 1.807) is 0 Å². The third kappa shape index (κ3) is 2.44. The second-order valence-corrected chi connectivity index (χ2v) is 4.63. The van der Waals surface area contributed by atoms with Crippen molar-refractivity contribution >= 4 is 0 Å². The predicted octanol–water partition coefficient (Wildman–Crippen LogP) is 1.61. The third-order valence-electron chi connectivity index (χ3n) is 3.56. The molecule has 0 aromatic rings. The monoisotopic (exact) mass is 182 g/mol. The SMILES string of the molecule is C[C@@H]1CCCCN1C[C@H]1CCCN1. The molecule has 2 fully saturated rings. The summed E-state index contributed by atoms with van der Waals surface area (Å²) in [7, 11) is 0. The molecule has 2 saturated heterocycles. The summed E-state index contributed by atoms with van der Waals surface area (Å²) in [5.74, 6) is 0. The van der Waals surface area contributed by atoms with Crippen molar-refractivity contribution in [1.29, 1.82) is 0 Å². The molecule has 0 unspecified atom stereocenters. The molecular formula is C11H22N2. The van der Waals surface area contributed by atoms with E-state index in [9.17, 15) is 0 Å². The fourth-order valence-corrected chi connectivity index (χ4v) is 2.62. The molecule has 0 radical (unpaired) electrons. The van der Waals surface area contributed by atoms with Crippen LogP contribution in [0.3, 0.4) is 0 Å². The lowest BCUT2D eigenvalue weighted by molar-refractivity contribution is 0.148. The van der Waals surface area contributed by atoms with Gasteiger partial charge in [-0.25, -0.2) is 0 Å². The minimum Gasteiger partial charge on any atom is -0.313 e. The second-order valence-electron chi connectivity index (χ2n) is 4.63. The van der Waals surface area contributed by atoms with E-state index < -0.39 is 0 Å². The summed E-state index contributed by atoms with van der Waals surface area (Å²) in [4.78, 5) is 2.67. The normalized spacial score (nSPS) is 36.7. The Kier molecular flexibility index (Phi) is 3.23. The largest absolute Gasteiger partial charge is 0.313 e. The molecule has 1 N–H and O–H groups in total. The summed E-state index contributed by atoms with van der Waals surface area (Å²) >= 11 is 0. The van der Waals surface area contributed by atoms with Crippen LogP contribution in [0.1, 0.15) is 39.0 Å². The molecule has 0 aliphatic carbocycles. The first-order valence-corrected chi connectivity index (χ1v) is 5.83. The average Bonchev–Trinajstić information content (AvgIpc) is 2.61. The molecule has 0 spiro atoms. The lowest BCUT2D eigenvalue weighted by atomic mass is 10.0. The first-order valence-electron chi connectivity index (χ1n) is 5.83. The smallest absolute Gasteiger partial charge is 0.0195 e. The van der Waals surface area contributed by atoms with E-state index in [2.05, 4.69) is 17.1 Å². The lowest BCUT2D eigenvalue weighted by Crippen LogP contribution is -2.44. The average molecular weight is 182 g/mol. The molecule has 0 aromatic carbocycles. The highest BCUT2D eigenvalue weighted by atomic mass is 15.2. The van der Waals surface area contributed by atoms with E-state index in [1.165, 1.54) is 51.7 Å². The van der Waals surface area contributed by atoms with E-state index in [4.69, 9.17) is 0 Å². The Hall–Kier alpha value is -0.0800. The highest BCUT2D eigenvalue weighted by Crippen LogP contribution is 2.18. The van der Waals surface area contributed by atoms with Crippen LogP contribution >= 0.6 is 0 Å². The maximum absolute atomic E-state index is 3.58. The standard InChI is InChI=1S/C11H22N2/c1-10-5-2-3-8-13(10)9-11-6-4-7-12-11/h10-12H,2-9H2,1H3/t10-,11-/m1/s1. The minimum absolute atomic E-state index is 0.792. The first-order chi connectivity index (χ1) is 6.36. The molecule has 2 heteroatoms. The molecule has 2 aliphatic rings. The van der Waals surface area contributed by atoms with Gasteiger partial charge in [0, 0.05) is 18.6 Å². The molecular weight excluding hydrogens is 160 g/mol. The van der Waals surface area contributed by atoms with Crippen molar-refractivity contribution in [1.82, 2.24) is 10.2 Å². The first kappa shape index (κ1) is 9.47. The molecule has 0 saturated carbocycles. The molecule has 2 heterocycles. The summed E-state index contributed by atoms with van der Waals surface area (Å²) < 4.78 is 0. The fourth-order valence-electron chi connectivity index (χ4n) is 2.62. The highest BCUT2D eigenvalue weighted by molar-refractivity contribution is 4.81. The number of hydrogen-bond acceptors (Lipinski definition) is 2. The van der Waals surface area contributed by atoms with E-state index in [-0.39, 0.29) is 0 Å². The zero-order chi connectivity index (χ0) is 9.10. The van der Waals surface area contributed by atoms with Crippen molar-refractivity contribution in [3.8, 4) is 0 Å². The Morgan fingerprint density at radius 1 is 1.23 bits per heavy atom. The van der Waals surface area contributed by atoms with Crippen LogP contribution in [0.2, 0.25) is 0 Å². The van der Waals surface area contributed by atoms with Crippen LogP contribution in [0.5, 0.6) is 0 Å². The van der Waals surface area contributed by atoms with E-state index in [0.29, 0.717) is 0 Å². The van der Waals surface area contributed by atoms with Crippen molar-refractivity contribution in [2.24, 2.45) is 0 Å². The molecule has 0 amide bonds. The summed E-state index contributed by atoms with van der Waals surface area (Å²) in [6.07, 6.45) is 7.04. The molecule has 0 bridgehead atoms. The van der Waals surface area contributed by atoms with Crippen molar-refractivity contribution in [3.05, 3.63) is 0 Å². The van der Waals surface area contributed by atoms with Gasteiger partial charge in [-0.3, -0.25) is 4.90 Å². The lowest BCUT2D eigenvalue weighted by Gasteiger charge is -2.35. The van der Waals surface area contributed by atoms with Gasteiger partial charge in [0.1, 0.15) is 0 Å². The molecule has 2 atom stereocenters. The summed E-state index contributed by atoms with van der Waals surface area (Å²) in [5.41, 5.74) is 0. The number of nitrogens with zero attached hydrogens (tertiary/aromatic N) is 1. The van der Waals surface area contributed by atoms with Crippen LogP contribution < -0.4 is 5.32 Å². The van der Waals surface area contributed by atoms with Crippen LogP contribution in [-0.4, -0.2) is 36.6 Å². The topological polar surface area (TPSA) is 15.3 Å². The van der Waals surface area contributed by atoms with Gasteiger partial charge in [0.05, 0.1) is 0 Å². The van der Waals surface area contributed by atoms with Crippen LogP contribution in [0.15, 0.2) is 0 Å². The molecule has 13 heavy (non-hydrogen) atoms. The van der Waals surface area contributed by atoms with Gasteiger partial charge in [-0.1, -0.05) is 6.42 Å². The fraction of sp³-hybridized carbons (Fsp3) is 1.00. The zero-order valence-corrected chi connectivity index (χ0v) is 8.76. The number of rotatable bonds is 2. The van der Waals surface area contributed by atoms with Gasteiger partial charge in [0.25, 0.3) is 0 Å². The summed E-state index contributed by atoms with van der Waals surface area (Å²) in [6, 6.07) is 1.62. The summed E-state index contributed by atoms with van der Waals surface area (Å²) in [6.45, 7) is 6.25. The Morgan fingerprint density at radius 2 is 2.15 bits per heavy atom. The van der Waals surface area contributed by atoms with E-state index in [0.717, 1.165) is 12.1 Å². The predicted molar refractivity (Wildman–Crippen MR) is 55.9 cm³/mol. The van der Waals surface area contributed by atoms with Crippen LogP contribution in [0.4, 0.5) is 0 Å². The zero-order valence-electron chi connectivity index (χ0n) is 8.76. The molecule has 0 aromatic heterocycles. The third-order valence-corrected chi connectivity index (χ3v) is 3.56. The van der Waals surface area contributed by atoms with E-state index in [1.807, 2.05) is 0 Å². The highest BCUT2D eigenvalue weighted by Gasteiger charge is 2.22. The van der Waals surface area contributed by atoms with Gasteiger partial charge in [0.2, 0.25) is 0 Å². The van der Waals surface area contributed by atoms with Gasteiger partial charge < -0.3 is 5.32 Å². The second kappa shape index (κ2) is 4.43. The van der Waals surface area contributed by atoms with E-state index >= 15 is 0 Å². The maximum atomic E-state index is 3.58. The Bertz CT molecular complexity index is 152.